The Kier molecular flexibility index (Phi) is 5.69. The predicted molar refractivity (Wildman–Crippen MR) is 92.2 cm³/mol. The fourth-order valence-corrected chi connectivity index (χ4v) is 3.99. The summed E-state index contributed by atoms with van der Waals surface area (Å²) in [5, 5.41) is 6.52. The van der Waals surface area contributed by atoms with Gasteiger partial charge in [-0.25, -0.2) is 4.39 Å². The molecule has 0 bridgehead atoms. The summed E-state index contributed by atoms with van der Waals surface area (Å²) in [5.74, 6) is 0.369. The first kappa shape index (κ1) is 18.2. The van der Waals surface area contributed by atoms with E-state index in [0.717, 1.165) is 37.9 Å². The first-order valence-electron chi connectivity index (χ1n) is 8.31. The summed E-state index contributed by atoms with van der Waals surface area (Å²) in [7, 11) is 0. The molecule has 1 unspecified atom stereocenters. The van der Waals surface area contributed by atoms with E-state index in [4.69, 9.17) is 0 Å². The molecule has 1 aliphatic carbocycles. The first-order valence-corrected chi connectivity index (χ1v) is 8.31. The van der Waals surface area contributed by atoms with Crippen LogP contribution in [0.15, 0.2) is 18.2 Å². The van der Waals surface area contributed by atoms with Crippen LogP contribution in [0.3, 0.4) is 0 Å². The first-order chi connectivity index (χ1) is 10.5. The molecule has 0 spiro atoms. The lowest BCUT2D eigenvalue weighted by Gasteiger charge is -2.38. The van der Waals surface area contributed by atoms with Crippen LogP contribution in [0.1, 0.15) is 49.8 Å². The molecule has 1 heterocycles. The van der Waals surface area contributed by atoms with Crippen molar-refractivity contribution in [2.75, 3.05) is 13.1 Å². The number of carbonyl (C=O) groups excluding carboxylic acids is 1. The van der Waals surface area contributed by atoms with Gasteiger partial charge in [0, 0.05) is 6.54 Å². The van der Waals surface area contributed by atoms with Crippen molar-refractivity contribution in [3.63, 3.8) is 0 Å². The fraction of sp³-hybridized carbons (Fsp3) is 0.611. The highest BCUT2D eigenvalue weighted by atomic mass is 35.5. The topological polar surface area (TPSA) is 41.1 Å². The number of halogens is 2. The minimum absolute atomic E-state index is 0. The Hall–Kier alpha value is -1.13. The van der Waals surface area contributed by atoms with Crippen LogP contribution < -0.4 is 10.6 Å². The van der Waals surface area contributed by atoms with E-state index < -0.39 is 0 Å². The smallest absolute Gasteiger partial charge is 0.228 e. The molecule has 2 fully saturated rings. The number of nitrogens with one attached hydrogen (secondary N) is 2. The van der Waals surface area contributed by atoms with Crippen molar-refractivity contribution in [1.29, 1.82) is 0 Å². The number of rotatable bonds is 3. The summed E-state index contributed by atoms with van der Waals surface area (Å²) in [6.45, 7) is 5.40. The lowest BCUT2D eigenvalue weighted by atomic mass is 9.67. The van der Waals surface area contributed by atoms with Gasteiger partial charge in [-0.15, -0.1) is 12.4 Å². The van der Waals surface area contributed by atoms with Crippen LogP contribution in [0.25, 0.3) is 0 Å². The molecule has 3 nitrogen and oxygen atoms in total. The van der Waals surface area contributed by atoms with Gasteiger partial charge in [0.05, 0.1) is 11.5 Å². The molecule has 1 aliphatic heterocycles. The standard InChI is InChI=1S/C18H25FN2O.ClH/c1-12-6-7-14(9-16(12)19)13(2)21-17(22)18-8-4-3-5-15(18)10-20-11-18;/h6-7,9,13,15,20H,3-5,8,10-11H2,1-2H3,(H,21,22);1H/t13?,15-,18+;/m0./s1. The van der Waals surface area contributed by atoms with Crippen LogP contribution in [0.2, 0.25) is 0 Å². The van der Waals surface area contributed by atoms with Gasteiger partial charge in [0.15, 0.2) is 0 Å². The van der Waals surface area contributed by atoms with Crippen molar-refractivity contribution in [3.05, 3.63) is 35.1 Å². The number of aryl methyl sites for hydroxylation is 1. The molecule has 0 radical (unpaired) electrons. The minimum atomic E-state index is -0.254. The number of fused-ring (bicyclic) bond motifs is 1. The van der Waals surface area contributed by atoms with E-state index in [-0.39, 0.29) is 35.6 Å². The van der Waals surface area contributed by atoms with Crippen LogP contribution >= 0.6 is 12.4 Å². The number of benzene rings is 1. The van der Waals surface area contributed by atoms with Crippen LogP contribution in [0.4, 0.5) is 4.39 Å². The minimum Gasteiger partial charge on any atom is -0.349 e. The van der Waals surface area contributed by atoms with Crippen molar-refractivity contribution < 1.29 is 9.18 Å². The molecular formula is C18H26ClFN2O. The molecule has 1 aromatic rings. The van der Waals surface area contributed by atoms with E-state index in [9.17, 15) is 9.18 Å². The van der Waals surface area contributed by atoms with Gasteiger partial charge < -0.3 is 10.6 Å². The summed E-state index contributed by atoms with van der Waals surface area (Å²) >= 11 is 0. The zero-order valence-electron chi connectivity index (χ0n) is 13.8. The van der Waals surface area contributed by atoms with Gasteiger partial charge in [-0.05, 0) is 56.3 Å². The average Bonchev–Trinajstić information content (AvgIpc) is 2.95. The lowest BCUT2D eigenvalue weighted by Crippen LogP contribution is -2.48. The normalized spacial score (nSPS) is 27.7. The van der Waals surface area contributed by atoms with E-state index in [1.165, 1.54) is 12.5 Å². The van der Waals surface area contributed by atoms with Crippen molar-refractivity contribution in [3.8, 4) is 0 Å². The monoisotopic (exact) mass is 340 g/mol. The number of carbonyl (C=O) groups is 1. The Bertz CT molecular complexity index is 580. The Morgan fingerprint density at radius 1 is 1.43 bits per heavy atom. The van der Waals surface area contributed by atoms with Crippen LogP contribution in [-0.4, -0.2) is 19.0 Å². The molecular weight excluding hydrogens is 315 g/mol. The summed E-state index contributed by atoms with van der Waals surface area (Å²) in [6.07, 6.45) is 4.44. The predicted octanol–water partition coefficient (Wildman–Crippen LogP) is 3.51. The van der Waals surface area contributed by atoms with E-state index in [0.29, 0.717) is 11.5 Å². The zero-order chi connectivity index (χ0) is 15.7. The summed E-state index contributed by atoms with van der Waals surface area (Å²) in [4.78, 5) is 12.9. The summed E-state index contributed by atoms with van der Waals surface area (Å²) in [6, 6.07) is 5.03. The molecule has 1 aromatic carbocycles. The molecule has 1 saturated carbocycles. The molecule has 2 N–H and O–H groups in total. The maximum absolute atomic E-state index is 13.7. The quantitative estimate of drug-likeness (QED) is 0.884. The molecule has 128 valence electrons. The van der Waals surface area contributed by atoms with Gasteiger partial charge in [-0.3, -0.25) is 4.79 Å². The second-order valence-electron chi connectivity index (χ2n) is 6.93. The molecule has 0 aromatic heterocycles. The number of hydrogen-bond acceptors (Lipinski definition) is 2. The molecule has 1 amide bonds. The molecule has 23 heavy (non-hydrogen) atoms. The molecule has 1 saturated heterocycles. The third kappa shape index (κ3) is 3.38. The van der Waals surface area contributed by atoms with Crippen LogP contribution in [0.5, 0.6) is 0 Å². The van der Waals surface area contributed by atoms with E-state index in [1.54, 1.807) is 13.0 Å². The Labute approximate surface area is 143 Å². The lowest BCUT2D eigenvalue weighted by molar-refractivity contribution is -0.134. The highest BCUT2D eigenvalue weighted by Crippen LogP contribution is 2.44. The van der Waals surface area contributed by atoms with Crippen molar-refractivity contribution in [1.82, 2.24) is 10.6 Å². The maximum atomic E-state index is 13.7. The third-order valence-corrected chi connectivity index (χ3v) is 5.53. The van der Waals surface area contributed by atoms with Crippen LogP contribution in [0, 0.1) is 24.1 Å². The molecule has 3 rings (SSSR count). The highest BCUT2D eigenvalue weighted by Gasteiger charge is 2.49. The SMILES string of the molecule is Cc1ccc(C(C)NC(=O)[C@@]23CCCC[C@H]2CNC3)cc1F.Cl. The fourth-order valence-electron chi connectivity index (χ4n) is 3.99. The molecule has 3 atom stereocenters. The highest BCUT2D eigenvalue weighted by molar-refractivity contribution is 5.85. The molecule has 5 heteroatoms. The third-order valence-electron chi connectivity index (χ3n) is 5.53. The van der Waals surface area contributed by atoms with E-state index >= 15 is 0 Å². The number of hydrogen-bond donors (Lipinski definition) is 2. The Balaban J connectivity index is 0.00000192. The van der Waals surface area contributed by atoms with E-state index in [2.05, 4.69) is 10.6 Å². The van der Waals surface area contributed by atoms with Gasteiger partial charge in [0.25, 0.3) is 0 Å². The molecule has 2 aliphatic rings. The van der Waals surface area contributed by atoms with Crippen LogP contribution in [-0.2, 0) is 4.79 Å². The average molecular weight is 341 g/mol. The zero-order valence-corrected chi connectivity index (χ0v) is 14.6. The Morgan fingerprint density at radius 3 is 2.96 bits per heavy atom. The second kappa shape index (κ2) is 7.18. The van der Waals surface area contributed by atoms with Gasteiger partial charge >= 0.3 is 0 Å². The largest absolute Gasteiger partial charge is 0.349 e. The van der Waals surface area contributed by atoms with Gasteiger partial charge in [0.1, 0.15) is 5.82 Å². The maximum Gasteiger partial charge on any atom is 0.228 e. The van der Waals surface area contributed by atoms with Gasteiger partial charge in [-0.1, -0.05) is 25.0 Å². The Morgan fingerprint density at radius 2 is 2.22 bits per heavy atom. The second-order valence-corrected chi connectivity index (χ2v) is 6.93. The number of amides is 1. The van der Waals surface area contributed by atoms with Crippen molar-refractivity contribution >= 4 is 18.3 Å². The van der Waals surface area contributed by atoms with Crippen molar-refractivity contribution in [2.45, 2.75) is 45.6 Å². The van der Waals surface area contributed by atoms with Gasteiger partial charge in [0.2, 0.25) is 5.91 Å². The van der Waals surface area contributed by atoms with Crippen molar-refractivity contribution in [2.24, 2.45) is 11.3 Å². The van der Waals surface area contributed by atoms with E-state index in [1.807, 2.05) is 13.0 Å². The van der Waals surface area contributed by atoms with Gasteiger partial charge in [-0.2, -0.15) is 0 Å². The summed E-state index contributed by atoms with van der Waals surface area (Å²) in [5.41, 5.74) is 1.20. The summed E-state index contributed by atoms with van der Waals surface area (Å²) < 4.78 is 13.7.